The minimum absolute atomic E-state index is 0.277. The Kier molecular flexibility index (Phi) is 4.09. The molecule has 0 saturated heterocycles. The zero-order chi connectivity index (χ0) is 16.7. The molecule has 4 rings (SSSR count). The highest BCUT2D eigenvalue weighted by atomic mass is 79.9. The van der Waals surface area contributed by atoms with Crippen molar-refractivity contribution in [1.82, 2.24) is 19.7 Å². The van der Waals surface area contributed by atoms with Crippen molar-refractivity contribution in [3.63, 3.8) is 0 Å². The molecule has 0 spiro atoms. The van der Waals surface area contributed by atoms with Crippen molar-refractivity contribution in [2.45, 2.75) is 32.4 Å². The minimum Gasteiger partial charge on any atom is -0.356 e. The van der Waals surface area contributed by atoms with Gasteiger partial charge in [0, 0.05) is 35.2 Å². The Morgan fingerprint density at radius 1 is 1.38 bits per heavy atom. The molecule has 5 nitrogen and oxygen atoms in total. The molecule has 1 atom stereocenters. The van der Waals surface area contributed by atoms with Gasteiger partial charge in [-0.25, -0.2) is 9.37 Å². The van der Waals surface area contributed by atoms with Gasteiger partial charge in [-0.05, 0) is 31.5 Å². The van der Waals surface area contributed by atoms with Crippen LogP contribution >= 0.6 is 27.3 Å². The van der Waals surface area contributed by atoms with Crippen LogP contribution in [-0.2, 0) is 13.0 Å². The molecule has 3 aromatic rings. The lowest BCUT2D eigenvalue weighted by atomic mass is 10.1. The summed E-state index contributed by atoms with van der Waals surface area (Å²) in [7, 11) is 0. The van der Waals surface area contributed by atoms with Crippen LogP contribution in [0.4, 0.5) is 9.52 Å². The molecule has 0 fully saturated rings. The first-order valence-corrected chi connectivity index (χ1v) is 9.27. The first-order valence-electron chi connectivity index (χ1n) is 7.66. The van der Waals surface area contributed by atoms with Gasteiger partial charge < -0.3 is 9.88 Å². The van der Waals surface area contributed by atoms with Crippen molar-refractivity contribution in [3.05, 3.63) is 46.2 Å². The lowest BCUT2D eigenvalue weighted by Crippen LogP contribution is -2.31. The van der Waals surface area contributed by atoms with E-state index in [1.165, 1.54) is 17.4 Å². The molecular weight excluding hydrogens is 393 g/mol. The Balaban J connectivity index is 1.51. The summed E-state index contributed by atoms with van der Waals surface area (Å²) in [6.45, 7) is 2.87. The van der Waals surface area contributed by atoms with E-state index < -0.39 is 0 Å². The summed E-state index contributed by atoms with van der Waals surface area (Å²) < 4.78 is 17.0. The smallest absolute Gasteiger partial charge is 0.206 e. The molecule has 1 aliphatic rings. The fraction of sp³-hybridized carbons (Fsp3) is 0.312. The SMILES string of the molecule is Cc1cn2c(n1)CCC(Nc1nnc(-c3cc(Br)ccc3F)s1)C2. The van der Waals surface area contributed by atoms with Gasteiger partial charge in [0.25, 0.3) is 0 Å². The van der Waals surface area contributed by atoms with Gasteiger partial charge in [-0.3, -0.25) is 0 Å². The Labute approximate surface area is 151 Å². The molecule has 24 heavy (non-hydrogen) atoms. The zero-order valence-corrected chi connectivity index (χ0v) is 15.4. The molecule has 0 amide bonds. The first kappa shape index (κ1) is 15.7. The zero-order valence-electron chi connectivity index (χ0n) is 13.0. The van der Waals surface area contributed by atoms with Gasteiger partial charge >= 0.3 is 0 Å². The normalized spacial score (nSPS) is 16.9. The predicted molar refractivity (Wildman–Crippen MR) is 95.7 cm³/mol. The first-order chi connectivity index (χ1) is 11.6. The van der Waals surface area contributed by atoms with Crippen LogP contribution in [0.25, 0.3) is 10.6 Å². The lowest BCUT2D eigenvalue weighted by molar-refractivity contribution is 0.476. The number of hydrogen-bond acceptors (Lipinski definition) is 5. The molecule has 0 aliphatic carbocycles. The molecule has 0 radical (unpaired) electrons. The maximum atomic E-state index is 14.0. The number of imidazole rings is 1. The quantitative estimate of drug-likeness (QED) is 0.711. The third-order valence-electron chi connectivity index (χ3n) is 4.02. The fourth-order valence-electron chi connectivity index (χ4n) is 2.93. The largest absolute Gasteiger partial charge is 0.356 e. The Morgan fingerprint density at radius 2 is 2.25 bits per heavy atom. The second kappa shape index (κ2) is 6.25. The van der Waals surface area contributed by atoms with Crippen LogP contribution in [0.5, 0.6) is 0 Å². The second-order valence-corrected chi connectivity index (χ2v) is 7.76. The number of nitrogens with one attached hydrogen (secondary N) is 1. The molecular formula is C16H15BrFN5S. The van der Waals surface area contributed by atoms with Gasteiger partial charge in [-0.2, -0.15) is 0 Å². The number of fused-ring (bicyclic) bond motifs is 1. The second-order valence-electron chi connectivity index (χ2n) is 5.87. The van der Waals surface area contributed by atoms with E-state index in [0.717, 1.165) is 40.5 Å². The molecule has 2 aromatic heterocycles. The van der Waals surface area contributed by atoms with Crippen molar-refractivity contribution in [1.29, 1.82) is 0 Å². The summed E-state index contributed by atoms with van der Waals surface area (Å²) in [5.41, 5.74) is 1.51. The van der Waals surface area contributed by atoms with Crippen LogP contribution < -0.4 is 5.32 Å². The average molecular weight is 408 g/mol. The number of halogens is 2. The standard InChI is InChI=1S/C16H15BrFN5S/c1-9-7-23-8-11(3-5-14(23)19-9)20-16-22-21-15(24-16)12-6-10(17)2-4-13(12)18/h2,4,6-7,11H,3,5,8H2,1H3,(H,20,22). The van der Waals surface area contributed by atoms with Crippen LogP contribution in [0.1, 0.15) is 17.9 Å². The van der Waals surface area contributed by atoms with Crippen molar-refractivity contribution >= 4 is 32.4 Å². The van der Waals surface area contributed by atoms with E-state index in [-0.39, 0.29) is 11.9 Å². The van der Waals surface area contributed by atoms with E-state index in [0.29, 0.717) is 10.6 Å². The number of aromatic nitrogens is 4. The maximum Gasteiger partial charge on any atom is 0.206 e. The van der Waals surface area contributed by atoms with E-state index in [1.54, 1.807) is 12.1 Å². The fourth-order valence-corrected chi connectivity index (χ4v) is 4.13. The van der Waals surface area contributed by atoms with Gasteiger partial charge in [-0.1, -0.05) is 27.3 Å². The lowest BCUT2D eigenvalue weighted by Gasteiger charge is -2.24. The molecule has 1 unspecified atom stereocenters. The highest BCUT2D eigenvalue weighted by molar-refractivity contribution is 9.10. The third-order valence-corrected chi connectivity index (χ3v) is 5.41. The van der Waals surface area contributed by atoms with Crippen molar-refractivity contribution in [3.8, 4) is 10.6 Å². The van der Waals surface area contributed by atoms with Gasteiger partial charge in [0.05, 0.1) is 5.69 Å². The van der Waals surface area contributed by atoms with E-state index in [2.05, 4.69) is 47.2 Å². The topological polar surface area (TPSA) is 55.6 Å². The van der Waals surface area contributed by atoms with Crippen LogP contribution in [0.15, 0.2) is 28.9 Å². The summed E-state index contributed by atoms with van der Waals surface area (Å²) >= 11 is 4.73. The highest BCUT2D eigenvalue weighted by Gasteiger charge is 2.21. The van der Waals surface area contributed by atoms with E-state index in [4.69, 9.17) is 0 Å². The number of nitrogens with zero attached hydrogens (tertiary/aromatic N) is 4. The molecule has 1 aromatic carbocycles. The van der Waals surface area contributed by atoms with Gasteiger partial charge in [0.15, 0.2) is 5.01 Å². The Morgan fingerprint density at radius 3 is 3.12 bits per heavy atom. The molecule has 0 bridgehead atoms. The van der Waals surface area contributed by atoms with Gasteiger partial charge in [-0.15, -0.1) is 10.2 Å². The average Bonchev–Trinajstić information content (AvgIpc) is 3.15. The minimum atomic E-state index is -0.294. The predicted octanol–water partition coefficient (Wildman–Crippen LogP) is 4.04. The molecule has 1 aliphatic heterocycles. The molecule has 3 heterocycles. The van der Waals surface area contributed by atoms with Crippen molar-refractivity contribution in [2.24, 2.45) is 0 Å². The Bertz CT molecular complexity index is 890. The summed E-state index contributed by atoms with van der Waals surface area (Å²) in [5.74, 6) is 0.844. The summed E-state index contributed by atoms with van der Waals surface area (Å²) in [6.07, 6.45) is 4.01. The maximum absolute atomic E-state index is 14.0. The van der Waals surface area contributed by atoms with Crippen molar-refractivity contribution < 1.29 is 4.39 Å². The van der Waals surface area contributed by atoms with Crippen LogP contribution in [-0.4, -0.2) is 25.8 Å². The van der Waals surface area contributed by atoms with Crippen molar-refractivity contribution in [2.75, 3.05) is 5.32 Å². The van der Waals surface area contributed by atoms with Crippen LogP contribution in [0, 0.1) is 12.7 Å². The van der Waals surface area contributed by atoms with Gasteiger partial charge in [0.2, 0.25) is 5.13 Å². The Hall–Kier alpha value is -1.80. The number of benzene rings is 1. The van der Waals surface area contributed by atoms with Crippen LogP contribution in [0.2, 0.25) is 0 Å². The number of aryl methyl sites for hydroxylation is 2. The van der Waals surface area contributed by atoms with E-state index in [1.807, 2.05) is 6.92 Å². The number of anilines is 1. The highest BCUT2D eigenvalue weighted by Crippen LogP contribution is 2.31. The number of hydrogen-bond donors (Lipinski definition) is 1. The summed E-state index contributed by atoms with van der Waals surface area (Å²) in [4.78, 5) is 4.52. The number of rotatable bonds is 3. The molecule has 0 saturated carbocycles. The van der Waals surface area contributed by atoms with E-state index in [9.17, 15) is 4.39 Å². The third kappa shape index (κ3) is 3.08. The van der Waals surface area contributed by atoms with E-state index >= 15 is 0 Å². The van der Waals surface area contributed by atoms with Gasteiger partial charge in [0.1, 0.15) is 11.6 Å². The molecule has 1 N–H and O–H groups in total. The van der Waals surface area contributed by atoms with Crippen LogP contribution in [0.3, 0.4) is 0 Å². The summed E-state index contributed by atoms with van der Waals surface area (Å²) in [5, 5.41) is 13.0. The summed E-state index contributed by atoms with van der Waals surface area (Å²) in [6, 6.07) is 5.10. The monoisotopic (exact) mass is 407 g/mol. The molecule has 8 heteroatoms. The molecule has 124 valence electrons.